The second-order valence-electron chi connectivity index (χ2n) is 5.66. The Morgan fingerprint density at radius 2 is 1.67 bits per heavy atom. The zero-order valence-electron chi connectivity index (χ0n) is 14.0. The van der Waals surface area contributed by atoms with Crippen molar-refractivity contribution >= 4 is 11.9 Å². The fraction of sp³-hybridized carbons (Fsp3) is 0.263. The first-order valence-electron chi connectivity index (χ1n) is 7.63. The quantitative estimate of drug-likeness (QED) is 0.855. The molecule has 0 saturated heterocycles. The van der Waals surface area contributed by atoms with Crippen molar-refractivity contribution in [3.05, 3.63) is 64.7 Å². The van der Waals surface area contributed by atoms with Crippen molar-refractivity contribution in [2.75, 3.05) is 7.11 Å². The lowest BCUT2D eigenvalue weighted by Gasteiger charge is -2.16. The van der Waals surface area contributed by atoms with E-state index in [9.17, 15) is 14.7 Å². The van der Waals surface area contributed by atoms with Crippen molar-refractivity contribution in [1.29, 1.82) is 0 Å². The Labute approximate surface area is 141 Å². The Kier molecular flexibility index (Phi) is 5.58. The Bertz CT molecular complexity index is 717. The highest BCUT2D eigenvalue weighted by molar-refractivity contribution is 5.86. The minimum absolute atomic E-state index is 0.151. The highest BCUT2D eigenvalue weighted by atomic mass is 16.5. The molecular weight excluding hydrogens is 306 g/mol. The maximum Gasteiger partial charge on any atom is 0.330 e. The number of methoxy groups -OCH3 is 1. The number of nitrogens with one attached hydrogen (secondary N) is 1. The standard InChI is InChI=1S/C19H21NO4/c1-12-5-4-6-13(2)16(12)11-17(21)20-18(19(22)23)14-7-9-15(24-3)10-8-14/h4-10,18H,11H2,1-3H3,(H,20,21)(H,22,23). The zero-order valence-corrected chi connectivity index (χ0v) is 14.0. The highest BCUT2D eigenvalue weighted by Gasteiger charge is 2.22. The molecule has 0 heterocycles. The molecule has 0 spiro atoms. The number of aliphatic carboxylic acids is 1. The predicted molar refractivity (Wildman–Crippen MR) is 91.1 cm³/mol. The van der Waals surface area contributed by atoms with Crippen LogP contribution in [0.1, 0.15) is 28.3 Å². The van der Waals surface area contributed by atoms with E-state index in [0.717, 1.165) is 16.7 Å². The lowest BCUT2D eigenvalue weighted by atomic mass is 9.99. The van der Waals surface area contributed by atoms with Gasteiger partial charge in [-0.25, -0.2) is 4.79 Å². The van der Waals surface area contributed by atoms with Gasteiger partial charge < -0.3 is 15.2 Å². The molecule has 0 aliphatic carbocycles. The smallest absolute Gasteiger partial charge is 0.330 e. The molecule has 0 aliphatic heterocycles. The second-order valence-corrected chi connectivity index (χ2v) is 5.66. The first-order valence-corrected chi connectivity index (χ1v) is 7.63. The van der Waals surface area contributed by atoms with Gasteiger partial charge in [0.05, 0.1) is 13.5 Å². The molecule has 1 unspecified atom stereocenters. The first kappa shape index (κ1) is 17.5. The minimum atomic E-state index is -1.10. The van der Waals surface area contributed by atoms with Gasteiger partial charge in [0.25, 0.3) is 0 Å². The zero-order chi connectivity index (χ0) is 17.7. The van der Waals surface area contributed by atoms with E-state index in [1.807, 2.05) is 32.0 Å². The SMILES string of the molecule is COc1ccc(C(NC(=O)Cc2c(C)cccc2C)C(=O)O)cc1. The van der Waals surface area contributed by atoms with Crippen LogP contribution in [0.3, 0.4) is 0 Å². The molecule has 0 aromatic heterocycles. The Morgan fingerprint density at radius 3 is 2.17 bits per heavy atom. The molecule has 5 nitrogen and oxygen atoms in total. The summed E-state index contributed by atoms with van der Waals surface area (Å²) >= 11 is 0. The average molecular weight is 327 g/mol. The van der Waals surface area contributed by atoms with Gasteiger partial charge in [0.15, 0.2) is 6.04 Å². The van der Waals surface area contributed by atoms with Crippen molar-refractivity contribution in [1.82, 2.24) is 5.32 Å². The third kappa shape index (κ3) is 4.13. The van der Waals surface area contributed by atoms with Gasteiger partial charge in [-0.2, -0.15) is 0 Å². The topological polar surface area (TPSA) is 75.6 Å². The molecule has 2 N–H and O–H groups in total. The molecule has 0 saturated carbocycles. The van der Waals surface area contributed by atoms with Gasteiger partial charge in [-0.15, -0.1) is 0 Å². The van der Waals surface area contributed by atoms with E-state index < -0.39 is 12.0 Å². The lowest BCUT2D eigenvalue weighted by Crippen LogP contribution is -2.35. The van der Waals surface area contributed by atoms with Crippen LogP contribution < -0.4 is 10.1 Å². The second kappa shape index (κ2) is 7.64. The number of hydrogen-bond donors (Lipinski definition) is 2. The summed E-state index contributed by atoms with van der Waals surface area (Å²) in [5.74, 6) is -0.796. The number of carbonyl (C=O) groups excluding carboxylic acids is 1. The van der Waals surface area contributed by atoms with Gasteiger partial charge in [-0.1, -0.05) is 30.3 Å². The molecule has 2 aromatic carbocycles. The number of hydrogen-bond acceptors (Lipinski definition) is 3. The fourth-order valence-electron chi connectivity index (χ4n) is 2.58. The lowest BCUT2D eigenvalue weighted by molar-refractivity contribution is -0.141. The van der Waals surface area contributed by atoms with E-state index in [1.165, 1.54) is 7.11 Å². The molecule has 5 heteroatoms. The largest absolute Gasteiger partial charge is 0.497 e. The molecule has 0 radical (unpaired) electrons. The summed E-state index contributed by atoms with van der Waals surface area (Å²) in [5, 5.41) is 12.0. The van der Waals surface area contributed by atoms with E-state index in [2.05, 4.69) is 5.32 Å². The number of carboxylic acid groups (broad SMARTS) is 1. The summed E-state index contributed by atoms with van der Waals surface area (Å²) in [6.45, 7) is 3.88. The summed E-state index contributed by atoms with van der Waals surface area (Å²) in [7, 11) is 1.54. The van der Waals surface area contributed by atoms with E-state index in [0.29, 0.717) is 11.3 Å². The van der Waals surface area contributed by atoms with Crippen LogP contribution in [0.4, 0.5) is 0 Å². The number of benzene rings is 2. The Balaban J connectivity index is 2.15. The van der Waals surface area contributed by atoms with Crippen molar-refractivity contribution in [2.24, 2.45) is 0 Å². The summed E-state index contributed by atoms with van der Waals surface area (Å²) < 4.78 is 5.06. The molecule has 2 rings (SSSR count). The third-order valence-corrected chi connectivity index (χ3v) is 3.98. The number of aryl methyl sites for hydroxylation is 2. The molecule has 2 aromatic rings. The summed E-state index contributed by atoms with van der Waals surface area (Å²) in [5.41, 5.74) is 3.45. The Morgan fingerprint density at radius 1 is 1.08 bits per heavy atom. The van der Waals surface area contributed by atoms with Crippen LogP contribution in [0.5, 0.6) is 5.75 Å². The van der Waals surface area contributed by atoms with Gasteiger partial charge in [-0.3, -0.25) is 4.79 Å². The average Bonchev–Trinajstić information content (AvgIpc) is 2.56. The first-order chi connectivity index (χ1) is 11.4. The van der Waals surface area contributed by atoms with E-state index in [-0.39, 0.29) is 12.3 Å². The maximum absolute atomic E-state index is 12.3. The van der Waals surface area contributed by atoms with Gasteiger partial charge >= 0.3 is 5.97 Å². The van der Waals surface area contributed by atoms with E-state index in [4.69, 9.17) is 4.74 Å². The monoisotopic (exact) mass is 327 g/mol. The van der Waals surface area contributed by atoms with Crippen molar-refractivity contribution in [2.45, 2.75) is 26.3 Å². The van der Waals surface area contributed by atoms with Crippen molar-refractivity contribution in [3.8, 4) is 5.75 Å². The normalized spacial score (nSPS) is 11.6. The summed E-state index contributed by atoms with van der Waals surface area (Å²) in [6, 6.07) is 11.3. The van der Waals surface area contributed by atoms with Crippen molar-refractivity contribution < 1.29 is 19.4 Å². The maximum atomic E-state index is 12.3. The molecule has 24 heavy (non-hydrogen) atoms. The summed E-state index contributed by atoms with van der Waals surface area (Å²) in [4.78, 5) is 23.9. The molecule has 126 valence electrons. The highest BCUT2D eigenvalue weighted by Crippen LogP contribution is 2.19. The summed E-state index contributed by atoms with van der Waals surface area (Å²) in [6.07, 6.45) is 0.151. The Hall–Kier alpha value is -2.82. The molecule has 1 amide bonds. The number of carboxylic acids is 1. The van der Waals surface area contributed by atoms with Crippen molar-refractivity contribution in [3.63, 3.8) is 0 Å². The molecule has 0 bridgehead atoms. The van der Waals surface area contributed by atoms with E-state index >= 15 is 0 Å². The minimum Gasteiger partial charge on any atom is -0.497 e. The van der Waals surface area contributed by atoms with Crippen LogP contribution in [0.15, 0.2) is 42.5 Å². The van der Waals surface area contributed by atoms with Gasteiger partial charge in [0, 0.05) is 0 Å². The number of ether oxygens (including phenoxy) is 1. The predicted octanol–water partition coefficient (Wildman–Crippen LogP) is 2.80. The van der Waals surface area contributed by atoms with Gasteiger partial charge in [0.2, 0.25) is 5.91 Å². The fourth-order valence-corrected chi connectivity index (χ4v) is 2.58. The van der Waals surface area contributed by atoms with Gasteiger partial charge in [-0.05, 0) is 48.2 Å². The molecule has 0 aliphatic rings. The molecular formula is C19H21NO4. The molecule has 1 atom stereocenters. The van der Waals surface area contributed by atoms with Crippen LogP contribution in [-0.4, -0.2) is 24.1 Å². The number of amides is 1. The molecule has 0 fully saturated rings. The van der Waals surface area contributed by atoms with Crippen LogP contribution in [0.25, 0.3) is 0 Å². The number of carbonyl (C=O) groups is 2. The van der Waals surface area contributed by atoms with E-state index in [1.54, 1.807) is 24.3 Å². The van der Waals surface area contributed by atoms with Crippen LogP contribution in [0, 0.1) is 13.8 Å². The van der Waals surface area contributed by atoms with Crippen LogP contribution in [-0.2, 0) is 16.0 Å². The third-order valence-electron chi connectivity index (χ3n) is 3.98. The number of rotatable bonds is 6. The van der Waals surface area contributed by atoms with Crippen LogP contribution >= 0.6 is 0 Å². The van der Waals surface area contributed by atoms with Gasteiger partial charge in [0.1, 0.15) is 5.75 Å². The van der Waals surface area contributed by atoms with Crippen LogP contribution in [0.2, 0.25) is 0 Å².